The molecule has 6 heteroatoms. The SMILES string of the molecule is CCOc1ccccc1NCC(=O)NCc1ccc(OC)c(OC)c1. The molecule has 0 saturated heterocycles. The lowest BCUT2D eigenvalue weighted by atomic mass is 10.2. The molecule has 2 N–H and O–H groups in total. The van der Waals surface area contributed by atoms with E-state index in [2.05, 4.69) is 10.6 Å². The topological polar surface area (TPSA) is 68.8 Å². The van der Waals surface area contributed by atoms with E-state index in [-0.39, 0.29) is 12.5 Å². The van der Waals surface area contributed by atoms with E-state index in [0.717, 1.165) is 17.0 Å². The lowest BCUT2D eigenvalue weighted by molar-refractivity contribution is -0.119. The van der Waals surface area contributed by atoms with Crippen molar-refractivity contribution in [1.29, 1.82) is 0 Å². The number of hydrogen-bond acceptors (Lipinski definition) is 5. The first-order valence-electron chi connectivity index (χ1n) is 8.11. The summed E-state index contributed by atoms with van der Waals surface area (Å²) in [4.78, 5) is 12.1. The van der Waals surface area contributed by atoms with Crippen molar-refractivity contribution >= 4 is 11.6 Å². The number of benzene rings is 2. The second-order valence-electron chi connectivity index (χ2n) is 5.25. The van der Waals surface area contributed by atoms with Crippen molar-refractivity contribution in [3.8, 4) is 17.2 Å². The number of rotatable bonds is 9. The van der Waals surface area contributed by atoms with Gasteiger partial charge in [-0.2, -0.15) is 0 Å². The van der Waals surface area contributed by atoms with Gasteiger partial charge in [-0.25, -0.2) is 0 Å². The first-order chi connectivity index (χ1) is 12.2. The lowest BCUT2D eigenvalue weighted by Crippen LogP contribution is -2.29. The fourth-order valence-electron chi connectivity index (χ4n) is 2.32. The number of para-hydroxylation sites is 2. The predicted molar refractivity (Wildman–Crippen MR) is 97.5 cm³/mol. The number of carbonyl (C=O) groups is 1. The molecular weight excluding hydrogens is 320 g/mol. The van der Waals surface area contributed by atoms with Crippen molar-refractivity contribution in [3.63, 3.8) is 0 Å². The van der Waals surface area contributed by atoms with Gasteiger partial charge in [0.2, 0.25) is 5.91 Å². The summed E-state index contributed by atoms with van der Waals surface area (Å²) in [5.41, 5.74) is 1.73. The highest BCUT2D eigenvalue weighted by molar-refractivity contribution is 5.81. The summed E-state index contributed by atoms with van der Waals surface area (Å²) in [6.07, 6.45) is 0. The van der Waals surface area contributed by atoms with Crippen LogP contribution in [0.15, 0.2) is 42.5 Å². The van der Waals surface area contributed by atoms with Gasteiger partial charge in [0, 0.05) is 6.54 Å². The first kappa shape index (κ1) is 18.4. The average molecular weight is 344 g/mol. The van der Waals surface area contributed by atoms with Crippen LogP contribution in [0.25, 0.3) is 0 Å². The van der Waals surface area contributed by atoms with E-state index in [9.17, 15) is 4.79 Å². The number of nitrogens with one attached hydrogen (secondary N) is 2. The molecule has 2 rings (SSSR count). The maximum absolute atomic E-state index is 12.1. The standard InChI is InChI=1S/C19H24N2O4/c1-4-25-16-8-6-5-7-15(16)20-13-19(22)21-12-14-9-10-17(23-2)18(11-14)24-3/h5-11,20H,4,12-13H2,1-3H3,(H,21,22). The zero-order chi connectivity index (χ0) is 18.1. The molecule has 0 fully saturated rings. The van der Waals surface area contributed by atoms with Gasteiger partial charge in [-0.1, -0.05) is 18.2 Å². The van der Waals surface area contributed by atoms with Gasteiger partial charge in [0.25, 0.3) is 0 Å². The summed E-state index contributed by atoms with van der Waals surface area (Å²) in [5, 5.41) is 5.96. The Hall–Kier alpha value is -2.89. The smallest absolute Gasteiger partial charge is 0.239 e. The zero-order valence-corrected chi connectivity index (χ0v) is 14.8. The number of methoxy groups -OCH3 is 2. The second kappa shape index (κ2) is 9.42. The van der Waals surface area contributed by atoms with Crippen molar-refractivity contribution < 1.29 is 19.0 Å². The summed E-state index contributed by atoms with van der Waals surface area (Å²) in [6, 6.07) is 13.1. The van der Waals surface area contributed by atoms with Crippen LogP contribution in [-0.4, -0.2) is 33.3 Å². The van der Waals surface area contributed by atoms with E-state index >= 15 is 0 Å². The minimum absolute atomic E-state index is 0.110. The molecule has 0 bridgehead atoms. The van der Waals surface area contributed by atoms with E-state index < -0.39 is 0 Å². The molecule has 0 radical (unpaired) electrons. The van der Waals surface area contributed by atoms with Crippen molar-refractivity contribution in [3.05, 3.63) is 48.0 Å². The highest BCUT2D eigenvalue weighted by Gasteiger charge is 2.07. The fraction of sp³-hybridized carbons (Fsp3) is 0.316. The van der Waals surface area contributed by atoms with Crippen molar-refractivity contribution in [2.24, 2.45) is 0 Å². The third-order valence-electron chi connectivity index (χ3n) is 3.56. The minimum atomic E-state index is -0.110. The normalized spacial score (nSPS) is 10.0. The Morgan fingerprint density at radius 1 is 1.00 bits per heavy atom. The monoisotopic (exact) mass is 344 g/mol. The van der Waals surface area contributed by atoms with Gasteiger partial charge in [-0.05, 0) is 36.8 Å². The summed E-state index contributed by atoms with van der Waals surface area (Å²) < 4.78 is 16.0. The molecule has 1 amide bonds. The first-order valence-corrected chi connectivity index (χ1v) is 8.11. The molecule has 0 aliphatic heterocycles. The third-order valence-corrected chi connectivity index (χ3v) is 3.56. The molecule has 0 aromatic heterocycles. The Morgan fingerprint density at radius 2 is 1.76 bits per heavy atom. The number of ether oxygens (including phenoxy) is 3. The predicted octanol–water partition coefficient (Wildman–Crippen LogP) is 2.83. The van der Waals surface area contributed by atoms with Crippen LogP contribution < -0.4 is 24.8 Å². The largest absolute Gasteiger partial charge is 0.493 e. The molecular formula is C19H24N2O4. The maximum Gasteiger partial charge on any atom is 0.239 e. The highest BCUT2D eigenvalue weighted by Crippen LogP contribution is 2.27. The molecule has 0 aliphatic rings. The van der Waals surface area contributed by atoms with Crippen molar-refractivity contribution in [2.45, 2.75) is 13.5 Å². The molecule has 0 heterocycles. The maximum atomic E-state index is 12.1. The Balaban J connectivity index is 1.87. The molecule has 0 spiro atoms. The van der Waals surface area contributed by atoms with E-state index in [1.807, 2.05) is 49.4 Å². The molecule has 0 aliphatic carbocycles. The number of hydrogen-bond donors (Lipinski definition) is 2. The lowest BCUT2D eigenvalue weighted by Gasteiger charge is -2.13. The van der Waals surface area contributed by atoms with Crippen LogP contribution in [0.2, 0.25) is 0 Å². The Bertz CT molecular complexity index is 704. The van der Waals surface area contributed by atoms with Gasteiger partial charge in [0.15, 0.2) is 11.5 Å². The minimum Gasteiger partial charge on any atom is -0.493 e. The zero-order valence-electron chi connectivity index (χ0n) is 14.8. The molecule has 25 heavy (non-hydrogen) atoms. The van der Waals surface area contributed by atoms with E-state index in [4.69, 9.17) is 14.2 Å². The fourth-order valence-corrected chi connectivity index (χ4v) is 2.32. The Kier molecular flexibility index (Phi) is 6.95. The summed E-state index contributed by atoms with van der Waals surface area (Å²) in [6.45, 7) is 3.07. The van der Waals surface area contributed by atoms with E-state index in [1.165, 1.54) is 0 Å². The van der Waals surface area contributed by atoms with Crippen LogP contribution in [0, 0.1) is 0 Å². The Morgan fingerprint density at radius 3 is 2.48 bits per heavy atom. The van der Waals surface area contributed by atoms with Crippen molar-refractivity contribution in [2.75, 3.05) is 32.7 Å². The van der Waals surface area contributed by atoms with Crippen LogP contribution in [0.3, 0.4) is 0 Å². The number of carbonyl (C=O) groups excluding carboxylic acids is 1. The van der Waals surface area contributed by atoms with Crippen LogP contribution in [0.1, 0.15) is 12.5 Å². The van der Waals surface area contributed by atoms with Gasteiger partial charge in [-0.3, -0.25) is 4.79 Å². The second-order valence-corrected chi connectivity index (χ2v) is 5.25. The summed E-state index contributed by atoms with van der Waals surface area (Å²) in [5.74, 6) is 1.92. The number of amides is 1. The molecule has 0 unspecified atom stereocenters. The van der Waals surface area contributed by atoms with Gasteiger partial charge in [0.05, 0.1) is 33.1 Å². The summed E-state index contributed by atoms with van der Waals surface area (Å²) in [7, 11) is 3.17. The van der Waals surface area contributed by atoms with Crippen molar-refractivity contribution in [1.82, 2.24) is 5.32 Å². The summed E-state index contributed by atoms with van der Waals surface area (Å²) >= 11 is 0. The third kappa shape index (κ3) is 5.31. The highest BCUT2D eigenvalue weighted by atomic mass is 16.5. The molecule has 0 atom stereocenters. The van der Waals surface area contributed by atoms with Gasteiger partial charge >= 0.3 is 0 Å². The van der Waals surface area contributed by atoms with E-state index in [0.29, 0.717) is 24.7 Å². The molecule has 0 saturated carbocycles. The van der Waals surface area contributed by atoms with Crippen LogP contribution in [0.5, 0.6) is 17.2 Å². The molecule has 2 aromatic carbocycles. The quantitative estimate of drug-likeness (QED) is 0.732. The van der Waals surface area contributed by atoms with Crippen LogP contribution in [-0.2, 0) is 11.3 Å². The molecule has 6 nitrogen and oxygen atoms in total. The number of anilines is 1. The molecule has 134 valence electrons. The Labute approximate surface area is 148 Å². The van der Waals surface area contributed by atoms with Gasteiger partial charge in [0.1, 0.15) is 5.75 Å². The van der Waals surface area contributed by atoms with Gasteiger partial charge < -0.3 is 24.8 Å². The van der Waals surface area contributed by atoms with Gasteiger partial charge in [-0.15, -0.1) is 0 Å². The average Bonchev–Trinajstić information content (AvgIpc) is 2.65. The van der Waals surface area contributed by atoms with E-state index in [1.54, 1.807) is 14.2 Å². The van der Waals surface area contributed by atoms with Crippen LogP contribution >= 0.6 is 0 Å². The van der Waals surface area contributed by atoms with Crippen LogP contribution in [0.4, 0.5) is 5.69 Å². The molecule has 2 aromatic rings.